The fourth-order valence-electron chi connectivity index (χ4n) is 2.33. The summed E-state index contributed by atoms with van der Waals surface area (Å²) in [4.78, 5) is 24.2. The van der Waals surface area contributed by atoms with Gasteiger partial charge in [0.15, 0.2) is 5.82 Å². The van der Waals surface area contributed by atoms with Crippen LogP contribution in [-0.2, 0) is 9.59 Å². The zero-order valence-corrected chi connectivity index (χ0v) is 12.8. The maximum Gasteiger partial charge on any atom is 0.229 e. The molecule has 1 aromatic carbocycles. The van der Waals surface area contributed by atoms with E-state index in [9.17, 15) is 9.59 Å². The van der Waals surface area contributed by atoms with E-state index in [1.807, 2.05) is 0 Å². The first-order chi connectivity index (χ1) is 11.1. The molecule has 2 amide bonds. The van der Waals surface area contributed by atoms with Crippen LogP contribution in [-0.4, -0.2) is 24.1 Å². The zero-order chi connectivity index (χ0) is 16.4. The lowest BCUT2D eigenvalue weighted by atomic mass is 10.2. The fraction of sp³-hybridized carbons (Fsp3) is 0.312. The van der Waals surface area contributed by atoms with E-state index < -0.39 is 0 Å². The molecule has 2 N–H and O–H groups in total. The molecule has 120 valence electrons. The highest BCUT2D eigenvalue weighted by Crippen LogP contribution is 2.40. The highest BCUT2D eigenvalue weighted by atomic mass is 16.5. The van der Waals surface area contributed by atoms with Crippen LogP contribution in [0.1, 0.15) is 12.2 Å². The van der Waals surface area contributed by atoms with Gasteiger partial charge in [-0.1, -0.05) is 5.16 Å². The molecule has 3 rings (SSSR count). The molecule has 1 aliphatic rings. The maximum absolute atomic E-state index is 12.1. The molecule has 1 aliphatic carbocycles. The van der Waals surface area contributed by atoms with Crippen LogP contribution in [0, 0.1) is 18.8 Å². The quantitative estimate of drug-likeness (QED) is 0.882. The molecule has 2 atom stereocenters. The third kappa shape index (κ3) is 3.50. The van der Waals surface area contributed by atoms with Crippen LogP contribution in [0.5, 0.6) is 5.75 Å². The van der Waals surface area contributed by atoms with Gasteiger partial charge in [-0.2, -0.15) is 0 Å². The van der Waals surface area contributed by atoms with Crippen molar-refractivity contribution in [3.63, 3.8) is 0 Å². The minimum absolute atomic E-state index is 0.161. The maximum atomic E-state index is 12.1. The number of methoxy groups -OCH3 is 1. The predicted molar refractivity (Wildman–Crippen MR) is 83.1 cm³/mol. The lowest BCUT2D eigenvalue weighted by molar-refractivity contribution is -0.122. The Bertz CT molecular complexity index is 723. The van der Waals surface area contributed by atoms with Crippen LogP contribution in [0.2, 0.25) is 0 Å². The molecule has 2 unspecified atom stereocenters. The summed E-state index contributed by atoms with van der Waals surface area (Å²) in [6.07, 6.45) is 0.532. The van der Waals surface area contributed by atoms with Crippen molar-refractivity contribution >= 4 is 23.3 Å². The number of rotatable bonds is 5. The average Bonchev–Trinajstić information content (AvgIpc) is 3.25. The molecule has 0 aliphatic heterocycles. The molecule has 1 saturated carbocycles. The summed E-state index contributed by atoms with van der Waals surface area (Å²) in [5.74, 6) is 0.684. The van der Waals surface area contributed by atoms with Gasteiger partial charge in [-0.05, 0) is 37.6 Å². The van der Waals surface area contributed by atoms with Crippen molar-refractivity contribution in [1.29, 1.82) is 0 Å². The summed E-state index contributed by atoms with van der Waals surface area (Å²) in [5, 5.41) is 9.15. The van der Waals surface area contributed by atoms with Gasteiger partial charge in [0.05, 0.1) is 18.9 Å². The largest absolute Gasteiger partial charge is 0.497 e. The lowest BCUT2D eigenvalue weighted by Crippen LogP contribution is -2.20. The smallest absolute Gasteiger partial charge is 0.229 e. The van der Waals surface area contributed by atoms with Crippen LogP contribution in [0.4, 0.5) is 11.5 Å². The number of amides is 2. The minimum atomic E-state index is -0.328. The highest BCUT2D eigenvalue weighted by Gasteiger charge is 2.48. The minimum Gasteiger partial charge on any atom is -0.497 e. The van der Waals surface area contributed by atoms with E-state index in [1.54, 1.807) is 44.4 Å². The summed E-state index contributed by atoms with van der Waals surface area (Å²) in [6.45, 7) is 1.74. The van der Waals surface area contributed by atoms with Gasteiger partial charge in [-0.3, -0.25) is 9.59 Å². The first-order valence-corrected chi connectivity index (χ1v) is 7.26. The van der Waals surface area contributed by atoms with Crippen LogP contribution in [0.15, 0.2) is 34.9 Å². The van der Waals surface area contributed by atoms with Crippen LogP contribution in [0.3, 0.4) is 0 Å². The van der Waals surface area contributed by atoms with Gasteiger partial charge >= 0.3 is 0 Å². The van der Waals surface area contributed by atoms with E-state index in [0.29, 0.717) is 23.7 Å². The predicted octanol–water partition coefficient (Wildman–Crippen LogP) is 2.20. The number of carbonyl (C=O) groups is 2. The number of aromatic nitrogens is 1. The molecule has 2 aromatic rings. The van der Waals surface area contributed by atoms with Crippen molar-refractivity contribution in [2.45, 2.75) is 13.3 Å². The van der Waals surface area contributed by atoms with Gasteiger partial charge in [0.25, 0.3) is 0 Å². The van der Waals surface area contributed by atoms with E-state index in [2.05, 4.69) is 15.8 Å². The molecular formula is C16H17N3O4. The van der Waals surface area contributed by atoms with Crippen molar-refractivity contribution < 1.29 is 18.8 Å². The molecule has 0 radical (unpaired) electrons. The number of benzene rings is 1. The second-order valence-electron chi connectivity index (χ2n) is 5.48. The number of carbonyl (C=O) groups excluding carboxylic acids is 2. The number of ether oxygens (including phenoxy) is 1. The first-order valence-electron chi connectivity index (χ1n) is 7.26. The van der Waals surface area contributed by atoms with Crippen molar-refractivity contribution in [2.75, 3.05) is 17.7 Å². The van der Waals surface area contributed by atoms with Crippen molar-refractivity contribution in [1.82, 2.24) is 5.16 Å². The summed E-state index contributed by atoms with van der Waals surface area (Å²) >= 11 is 0. The number of anilines is 2. The van der Waals surface area contributed by atoms with Crippen LogP contribution < -0.4 is 15.4 Å². The Hall–Kier alpha value is -2.83. The van der Waals surface area contributed by atoms with Gasteiger partial charge in [0.2, 0.25) is 11.8 Å². The second kappa shape index (κ2) is 6.12. The number of aryl methyl sites for hydroxylation is 1. The third-order valence-corrected chi connectivity index (χ3v) is 3.70. The summed E-state index contributed by atoms with van der Waals surface area (Å²) in [7, 11) is 1.58. The van der Waals surface area contributed by atoms with Crippen molar-refractivity contribution in [3.05, 3.63) is 36.1 Å². The molecule has 1 heterocycles. The summed E-state index contributed by atoms with van der Waals surface area (Å²) in [6, 6.07) is 8.67. The number of nitrogens with one attached hydrogen (secondary N) is 2. The SMILES string of the molecule is COc1ccc(NC(=O)C2CC2C(=O)Nc2cc(C)on2)cc1. The monoisotopic (exact) mass is 315 g/mol. The average molecular weight is 315 g/mol. The summed E-state index contributed by atoms with van der Waals surface area (Å²) < 4.78 is 9.95. The molecule has 0 bridgehead atoms. The number of nitrogens with zero attached hydrogens (tertiary/aromatic N) is 1. The summed E-state index contributed by atoms with van der Waals surface area (Å²) in [5.41, 5.74) is 0.675. The zero-order valence-electron chi connectivity index (χ0n) is 12.8. The third-order valence-electron chi connectivity index (χ3n) is 3.70. The Balaban J connectivity index is 1.52. The number of hydrogen-bond acceptors (Lipinski definition) is 5. The Morgan fingerprint density at radius 3 is 2.39 bits per heavy atom. The van der Waals surface area contributed by atoms with Crippen molar-refractivity contribution in [2.24, 2.45) is 11.8 Å². The van der Waals surface area contributed by atoms with Gasteiger partial charge in [0.1, 0.15) is 11.5 Å². The van der Waals surface area contributed by atoms with E-state index in [1.165, 1.54) is 0 Å². The van der Waals surface area contributed by atoms with E-state index in [4.69, 9.17) is 9.26 Å². The normalized spacial score (nSPS) is 19.0. The molecular weight excluding hydrogens is 298 g/mol. The van der Waals surface area contributed by atoms with Crippen molar-refractivity contribution in [3.8, 4) is 5.75 Å². The Morgan fingerprint density at radius 2 is 1.83 bits per heavy atom. The van der Waals surface area contributed by atoms with Crippen LogP contribution in [0.25, 0.3) is 0 Å². The Morgan fingerprint density at radius 1 is 1.17 bits per heavy atom. The number of hydrogen-bond donors (Lipinski definition) is 2. The molecule has 23 heavy (non-hydrogen) atoms. The highest BCUT2D eigenvalue weighted by molar-refractivity contribution is 6.02. The second-order valence-corrected chi connectivity index (χ2v) is 5.48. The van der Waals surface area contributed by atoms with Gasteiger partial charge < -0.3 is 19.9 Å². The molecule has 0 spiro atoms. The fourth-order valence-corrected chi connectivity index (χ4v) is 2.33. The molecule has 1 fully saturated rings. The molecule has 0 saturated heterocycles. The standard InChI is InChI=1S/C16H17N3O4/c1-9-7-14(19-23-9)18-16(21)13-8-12(13)15(20)17-10-3-5-11(22-2)6-4-10/h3-7,12-13H,8H2,1-2H3,(H,17,20)(H,18,19,21). The Kier molecular flexibility index (Phi) is 4.01. The first kappa shape index (κ1) is 15.1. The molecule has 7 heteroatoms. The van der Waals surface area contributed by atoms with Crippen LogP contribution >= 0.6 is 0 Å². The van der Waals surface area contributed by atoms with E-state index in [-0.39, 0.29) is 23.7 Å². The van der Waals surface area contributed by atoms with Gasteiger partial charge in [-0.15, -0.1) is 0 Å². The van der Waals surface area contributed by atoms with E-state index in [0.717, 1.165) is 5.75 Å². The molecule has 7 nitrogen and oxygen atoms in total. The Labute approximate surface area is 133 Å². The lowest BCUT2D eigenvalue weighted by Gasteiger charge is -2.06. The topological polar surface area (TPSA) is 93.5 Å². The van der Waals surface area contributed by atoms with Gasteiger partial charge in [-0.25, -0.2) is 0 Å². The van der Waals surface area contributed by atoms with E-state index >= 15 is 0 Å². The van der Waals surface area contributed by atoms with Gasteiger partial charge in [0, 0.05) is 11.8 Å². The molecule has 1 aromatic heterocycles.